The molecule has 0 bridgehead atoms. The molecule has 0 N–H and O–H groups in total. The van der Waals surface area contributed by atoms with Crippen LogP contribution in [0.4, 0.5) is 14.5 Å². The number of likely N-dealkylation sites (tertiary alicyclic amines) is 1. The summed E-state index contributed by atoms with van der Waals surface area (Å²) in [5, 5.41) is 0. The second kappa shape index (κ2) is 5.91. The maximum atomic E-state index is 14.2. The van der Waals surface area contributed by atoms with Gasteiger partial charge in [-0.15, -0.1) is 0 Å². The minimum atomic E-state index is -0.710. The van der Waals surface area contributed by atoms with E-state index < -0.39 is 17.6 Å². The van der Waals surface area contributed by atoms with E-state index in [1.165, 1.54) is 11.0 Å². The van der Waals surface area contributed by atoms with Crippen molar-refractivity contribution < 1.29 is 18.4 Å². The quantitative estimate of drug-likeness (QED) is 0.839. The molecule has 0 spiro atoms. The highest BCUT2D eigenvalue weighted by atomic mass is 19.1. The van der Waals surface area contributed by atoms with E-state index in [1.807, 2.05) is 13.8 Å². The number of hydrogen-bond acceptors (Lipinski definition) is 2. The number of nitrogens with zero attached hydrogens (tertiary/aromatic N) is 2. The highest BCUT2D eigenvalue weighted by Gasteiger charge is 2.39. The monoisotopic (exact) mass is 322 g/mol. The molecule has 6 heteroatoms. The van der Waals surface area contributed by atoms with Crippen molar-refractivity contribution in [3.05, 3.63) is 29.3 Å². The Labute approximate surface area is 134 Å². The Bertz CT molecular complexity index is 660. The van der Waals surface area contributed by atoms with E-state index in [0.29, 0.717) is 31.5 Å². The number of carbonyl (C=O) groups excluding carboxylic acids is 2. The van der Waals surface area contributed by atoms with Crippen LogP contribution in [0.3, 0.4) is 0 Å². The molecule has 2 aliphatic heterocycles. The van der Waals surface area contributed by atoms with E-state index in [2.05, 4.69) is 0 Å². The summed E-state index contributed by atoms with van der Waals surface area (Å²) in [5.74, 6) is -2.08. The third-order valence-electron chi connectivity index (χ3n) is 4.60. The lowest BCUT2D eigenvalue weighted by molar-refractivity contribution is -0.129. The van der Waals surface area contributed by atoms with Crippen LogP contribution in [0.15, 0.2) is 12.1 Å². The zero-order valence-corrected chi connectivity index (χ0v) is 13.3. The summed E-state index contributed by atoms with van der Waals surface area (Å²) >= 11 is 0. The van der Waals surface area contributed by atoms with Crippen LogP contribution in [0.1, 0.15) is 32.3 Å². The van der Waals surface area contributed by atoms with E-state index >= 15 is 0 Å². The number of hydrogen-bond donors (Lipinski definition) is 0. The molecule has 1 unspecified atom stereocenters. The van der Waals surface area contributed by atoms with Crippen LogP contribution in [0, 0.1) is 17.6 Å². The van der Waals surface area contributed by atoms with Crippen molar-refractivity contribution in [3.8, 4) is 0 Å². The fourth-order valence-electron chi connectivity index (χ4n) is 3.49. The van der Waals surface area contributed by atoms with Crippen molar-refractivity contribution in [2.24, 2.45) is 5.92 Å². The van der Waals surface area contributed by atoms with Crippen molar-refractivity contribution in [2.75, 3.05) is 18.0 Å². The van der Waals surface area contributed by atoms with E-state index in [1.54, 1.807) is 4.90 Å². The van der Waals surface area contributed by atoms with Crippen LogP contribution in [-0.4, -0.2) is 35.8 Å². The summed E-state index contributed by atoms with van der Waals surface area (Å²) in [5.41, 5.74) is 0.699. The number of rotatable bonds is 2. The molecule has 1 fully saturated rings. The number of halogens is 2. The first-order chi connectivity index (χ1) is 10.9. The molecular weight excluding hydrogens is 302 g/mol. The van der Waals surface area contributed by atoms with Crippen LogP contribution < -0.4 is 4.90 Å². The first kappa shape index (κ1) is 15.9. The number of carbonyl (C=O) groups is 2. The second-order valence-corrected chi connectivity index (χ2v) is 6.53. The summed E-state index contributed by atoms with van der Waals surface area (Å²) in [4.78, 5) is 27.9. The normalized spacial score (nSPS) is 21.1. The zero-order valence-electron chi connectivity index (χ0n) is 13.3. The molecule has 2 heterocycles. The molecule has 0 saturated carbocycles. The number of aryl methyl sites for hydroxylation is 1. The first-order valence-electron chi connectivity index (χ1n) is 7.97. The van der Waals surface area contributed by atoms with E-state index in [0.717, 1.165) is 6.07 Å². The fourth-order valence-corrected chi connectivity index (χ4v) is 3.49. The summed E-state index contributed by atoms with van der Waals surface area (Å²) in [6, 6.07) is 2.14. The molecule has 1 aromatic rings. The lowest BCUT2D eigenvalue weighted by Gasteiger charge is -2.32. The molecule has 2 aliphatic rings. The van der Waals surface area contributed by atoms with Gasteiger partial charge in [0.05, 0.1) is 11.6 Å². The van der Waals surface area contributed by atoms with Gasteiger partial charge in [-0.2, -0.15) is 0 Å². The Hall–Kier alpha value is -1.98. The summed E-state index contributed by atoms with van der Waals surface area (Å²) in [6.07, 6.45) is 1.37. The maximum Gasteiger partial charge on any atom is 0.232 e. The predicted molar refractivity (Wildman–Crippen MR) is 82.0 cm³/mol. The van der Waals surface area contributed by atoms with Gasteiger partial charge in [0.25, 0.3) is 0 Å². The molecule has 2 amide bonds. The van der Waals surface area contributed by atoms with Gasteiger partial charge in [-0.25, -0.2) is 8.78 Å². The Morgan fingerprint density at radius 1 is 1.30 bits per heavy atom. The topological polar surface area (TPSA) is 40.6 Å². The Balaban J connectivity index is 1.87. The molecule has 1 atom stereocenters. The van der Waals surface area contributed by atoms with Crippen molar-refractivity contribution in [1.29, 1.82) is 0 Å². The number of fused-ring (bicyclic) bond motifs is 1. The summed E-state index contributed by atoms with van der Waals surface area (Å²) in [6.45, 7) is 4.58. The van der Waals surface area contributed by atoms with Crippen molar-refractivity contribution >= 4 is 17.5 Å². The second-order valence-electron chi connectivity index (χ2n) is 6.53. The Kier molecular flexibility index (Phi) is 4.08. The predicted octanol–water partition coefficient (Wildman–Crippen LogP) is 2.50. The van der Waals surface area contributed by atoms with Gasteiger partial charge < -0.3 is 9.80 Å². The summed E-state index contributed by atoms with van der Waals surface area (Å²) in [7, 11) is 0. The molecule has 1 aromatic carbocycles. The van der Waals surface area contributed by atoms with E-state index in [4.69, 9.17) is 0 Å². The van der Waals surface area contributed by atoms with Gasteiger partial charge in [-0.3, -0.25) is 9.59 Å². The molecule has 124 valence electrons. The van der Waals surface area contributed by atoms with Crippen molar-refractivity contribution in [2.45, 2.75) is 39.2 Å². The average Bonchev–Trinajstić information content (AvgIpc) is 2.87. The number of anilines is 1. The molecular formula is C17H20F2N2O2. The maximum absolute atomic E-state index is 14.2. The third kappa shape index (κ3) is 2.82. The Morgan fingerprint density at radius 3 is 2.70 bits per heavy atom. The van der Waals surface area contributed by atoms with Crippen molar-refractivity contribution in [3.63, 3.8) is 0 Å². The largest absolute Gasteiger partial charge is 0.339 e. The fraction of sp³-hybridized carbons (Fsp3) is 0.529. The standard InChI is InChI=1S/C17H20F2N2O2/c1-10(2)21-9-12(7-15(21)22)17(23)20-5-3-4-11-6-13(18)8-14(19)16(11)20/h6,8,10,12H,3-5,7,9H2,1-2H3. The first-order valence-corrected chi connectivity index (χ1v) is 7.97. The van der Waals surface area contributed by atoms with Gasteiger partial charge in [0, 0.05) is 31.6 Å². The molecule has 4 nitrogen and oxygen atoms in total. The molecule has 3 rings (SSSR count). The lowest BCUT2D eigenvalue weighted by Crippen LogP contribution is -2.41. The van der Waals surface area contributed by atoms with Crippen LogP contribution in [-0.2, 0) is 16.0 Å². The van der Waals surface area contributed by atoms with E-state index in [-0.39, 0.29) is 30.0 Å². The number of benzene rings is 1. The highest BCUT2D eigenvalue weighted by Crippen LogP contribution is 2.33. The molecule has 0 aromatic heterocycles. The number of amides is 2. The minimum Gasteiger partial charge on any atom is -0.339 e. The highest BCUT2D eigenvalue weighted by molar-refractivity contribution is 6.00. The van der Waals surface area contributed by atoms with Gasteiger partial charge >= 0.3 is 0 Å². The van der Waals surface area contributed by atoms with Crippen LogP contribution in [0.5, 0.6) is 0 Å². The van der Waals surface area contributed by atoms with Crippen LogP contribution in [0.25, 0.3) is 0 Å². The Morgan fingerprint density at radius 2 is 2.04 bits per heavy atom. The minimum absolute atomic E-state index is 0.0415. The molecule has 0 radical (unpaired) electrons. The van der Waals surface area contributed by atoms with Gasteiger partial charge in [0.2, 0.25) is 11.8 Å². The molecule has 23 heavy (non-hydrogen) atoms. The summed E-state index contributed by atoms with van der Waals surface area (Å²) < 4.78 is 27.6. The zero-order chi connectivity index (χ0) is 16.7. The lowest BCUT2D eigenvalue weighted by atomic mass is 9.98. The van der Waals surface area contributed by atoms with Crippen molar-refractivity contribution in [1.82, 2.24) is 4.90 Å². The van der Waals surface area contributed by atoms with Crippen LogP contribution in [0.2, 0.25) is 0 Å². The van der Waals surface area contributed by atoms with Gasteiger partial charge in [0.1, 0.15) is 11.6 Å². The third-order valence-corrected chi connectivity index (χ3v) is 4.60. The SMILES string of the molecule is CC(C)N1CC(C(=O)N2CCCc3cc(F)cc(F)c32)CC1=O. The van der Waals surface area contributed by atoms with Gasteiger partial charge in [0.15, 0.2) is 0 Å². The van der Waals surface area contributed by atoms with Crippen LogP contribution >= 0.6 is 0 Å². The average molecular weight is 322 g/mol. The van der Waals surface area contributed by atoms with E-state index in [9.17, 15) is 18.4 Å². The van der Waals surface area contributed by atoms with Gasteiger partial charge in [-0.1, -0.05) is 0 Å². The molecule has 0 aliphatic carbocycles. The smallest absolute Gasteiger partial charge is 0.232 e. The van der Waals surface area contributed by atoms with Gasteiger partial charge in [-0.05, 0) is 38.3 Å². The molecule has 1 saturated heterocycles.